The summed E-state index contributed by atoms with van der Waals surface area (Å²) in [6, 6.07) is 16.6. The lowest BCUT2D eigenvalue weighted by Gasteiger charge is -2.01. The highest BCUT2D eigenvalue weighted by Crippen LogP contribution is 2.36. The van der Waals surface area contributed by atoms with Crippen molar-refractivity contribution in [2.75, 3.05) is 0 Å². The lowest BCUT2D eigenvalue weighted by Crippen LogP contribution is -1.86. The van der Waals surface area contributed by atoms with Crippen LogP contribution in [0, 0.1) is 0 Å². The molecule has 0 unspecified atom stereocenters. The summed E-state index contributed by atoms with van der Waals surface area (Å²) in [5, 5.41) is 2.16. The molecule has 0 radical (unpaired) electrons. The van der Waals surface area contributed by atoms with Gasteiger partial charge in [0.05, 0.1) is 0 Å². The van der Waals surface area contributed by atoms with Crippen LogP contribution in [0.4, 0.5) is 0 Å². The van der Waals surface area contributed by atoms with E-state index in [9.17, 15) is 0 Å². The minimum absolute atomic E-state index is 0.858. The minimum Gasteiger partial charge on any atom is -0.264 e. The molecule has 0 spiro atoms. The van der Waals surface area contributed by atoms with E-state index in [-0.39, 0.29) is 0 Å². The first-order chi connectivity index (χ1) is 11.4. The third-order valence-corrected chi connectivity index (χ3v) is 5.62. The number of thiophene rings is 1. The van der Waals surface area contributed by atoms with Gasteiger partial charge in [-0.2, -0.15) is 0 Å². The summed E-state index contributed by atoms with van der Waals surface area (Å²) in [5.74, 6) is 0.858. The van der Waals surface area contributed by atoms with Crippen molar-refractivity contribution in [3.63, 3.8) is 0 Å². The minimum atomic E-state index is 0.858. The number of rotatable bonds is 4. The van der Waals surface area contributed by atoms with Gasteiger partial charge in [0.1, 0.15) is 16.2 Å². The molecule has 0 atom stereocenters. The second-order valence-corrected chi connectivity index (χ2v) is 7.02. The molecule has 23 heavy (non-hydrogen) atoms. The summed E-state index contributed by atoms with van der Waals surface area (Å²) >= 11 is 3.44. The molecule has 0 aliphatic carbocycles. The van der Waals surface area contributed by atoms with E-state index in [1.807, 2.05) is 18.3 Å². The van der Waals surface area contributed by atoms with Crippen LogP contribution in [0.2, 0.25) is 0 Å². The fourth-order valence-electron chi connectivity index (χ4n) is 2.33. The SMILES string of the molecule is c1ccc(-c2cc3c(SCc4cccnc4)ncnc3s2)cc1. The van der Waals surface area contributed by atoms with Crippen molar-refractivity contribution >= 4 is 33.3 Å². The van der Waals surface area contributed by atoms with Crippen molar-refractivity contribution in [2.45, 2.75) is 10.8 Å². The molecular weight excluding hydrogens is 322 g/mol. The van der Waals surface area contributed by atoms with E-state index in [1.165, 1.54) is 16.0 Å². The number of benzene rings is 1. The van der Waals surface area contributed by atoms with Crippen LogP contribution >= 0.6 is 23.1 Å². The molecule has 1 aromatic carbocycles. The number of hydrogen-bond donors (Lipinski definition) is 0. The molecule has 0 saturated carbocycles. The molecule has 0 aliphatic heterocycles. The summed E-state index contributed by atoms with van der Waals surface area (Å²) in [5.41, 5.74) is 2.42. The van der Waals surface area contributed by atoms with Gasteiger partial charge in [0.15, 0.2) is 0 Å². The third-order valence-electron chi connectivity index (χ3n) is 3.45. The van der Waals surface area contributed by atoms with Gasteiger partial charge < -0.3 is 0 Å². The van der Waals surface area contributed by atoms with Crippen molar-refractivity contribution in [2.24, 2.45) is 0 Å². The summed E-state index contributed by atoms with van der Waals surface area (Å²) < 4.78 is 0. The number of pyridine rings is 1. The van der Waals surface area contributed by atoms with Crippen LogP contribution < -0.4 is 0 Å². The van der Waals surface area contributed by atoms with Crippen LogP contribution in [0.3, 0.4) is 0 Å². The Kier molecular flexibility index (Phi) is 4.05. The maximum atomic E-state index is 4.47. The highest BCUT2D eigenvalue weighted by molar-refractivity contribution is 7.98. The molecule has 4 aromatic rings. The first-order valence-corrected chi connectivity index (χ1v) is 9.02. The Morgan fingerprint density at radius 2 is 1.91 bits per heavy atom. The summed E-state index contributed by atoms with van der Waals surface area (Å²) in [6.07, 6.45) is 5.34. The van der Waals surface area contributed by atoms with Crippen LogP contribution in [0.1, 0.15) is 5.56 Å². The average Bonchev–Trinajstić information content (AvgIpc) is 3.06. The normalized spacial score (nSPS) is 11.0. The van der Waals surface area contributed by atoms with Crippen LogP contribution in [0.15, 0.2) is 72.3 Å². The zero-order valence-electron chi connectivity index (χ0n) is 12.2. The number of thioether (sulfide) groups is 1. The van der Waals surface area contributed by atoms with E-state index in [4.69, 9.17) is 0 Å². The molecule has 0 saturated heterocycles. The first-order valence-electron chi connectivity index (χ1n) is 7.22. The third kappa shape index (κ3) is 3.11. The van der Waals surface area contributed by atoms with Crippen molar-refractivity contribution in [3.05, 3.63) is 72.8 Å². The van der Waals surface area contributed by atoms with Gasteiger partial charge in [0, 0.05) is 28.4 Å². The summed E-state index contributed by atoms with van der Waals surface area (Å²) in [4.78, 5) is 15.3. The van der Waals surface area contributed by atoms with Gasteiger partial charge in [-0.3, -0.25) is 4.98 Å². The van der Waals surface area contributed by atoms with E-state index in [0.717, 1.165) is 21.0 Å². The van der Waals surface area contributed by atoms with Crippen LogP contribution in [-0.2, 0) is 5.75 Å². The second kappa shape index (κ2) is 6.48. The highest BCUT2D eigenvalue weighted by Gasteiger charge is 2.10. The van der Waals surface area contributed by atoms with Gasteiger partial charge in [-0.25, -0.2) is 9.97 Å². The van der Waals surface area contributed by atoms with E-state index < -0.39 is 0 Å². The number of hydrogen-bond acceptors (Lipinski definition) is 5. The van der Waals surface area contributed by atoms with Crippen LogP contribution in [0.5, 0.6) is 0 Å². The van der Waals surface area contributed by atoms with Gasteiger partial charge in [-0.1, -0.05) is 36.4 Å². The summed E-state index contributed by atoms with van der Waals surface area (Å²) in [6.45, 7) is 0. The molecule has 5 heteroatoms. The second-order valence-electron chi connectivity index (χ2n) is 5.02. The molecule has 3 heterocycles. The predicted octanol–water partition coefficient (Wildman–Crippen LogP) is 5.05. The predicted molar refractivity (Wildman–Crippen MR) is 96.6 cm³/mol. The van der Waals surface area contributed by atoms with Gasteiger partial charge >= 0.3 is 0 Å². The highest BCUT2D eigenvalue weighted by atomic mass is 32.2. The Hall–Kier alpha value is -2.24. The Balaban J connectivity index is 1.66. The van der Waals surface area contributed by atoms with E-state index in [2.05, 4.69) is 51.4 Å². The van der Waals surface area contributed by atoms with Gasteiger partial charge in [0.25, 0.3) is 0 Å². The Bertz CT molecular complexity index is 921. The molecule has 0 aliphatic rings. The molecule has 112 valence electrons. The summed E-state index contributed by atoms with van der Waals surface area (Å²) in [7, 11) is 0. The quantitative estimate of drug-likeness (QED) is 0.386. The van der Waals surface area contributed by atoms with E-state index >= 15 is 0 Å². The molecule has 0 bridgehead atoms. The zero-order chi connectivity index (χ0) is 15.5. The molecule has 3 nitrogen and oxygen atoms in total. The fourth-order valence-corrected chi connectivity index (χ4v) is 4.30. The van der Waals surface area contributed by atoms with Crippen LogP contribution in [-0.4, -0.2) is 15.0 Å². The maximum absolute atomic E-state index is 4.47. The molecule has 3 aromatic heterocycles. The molecule has 0 N–H and O–H groups in total. The van der Waals surface area contributed by atoms with Gasteiger partial charge in [-0.15, -0.1) is 23.1 Å². The van der Waals surface area contributed by atoms with E-state index in [0.29, 0.717) is 0 Å². The maximum Gasteiger partial charge on any atom is 0.128 e. The first kappa shape index (κ1) is 14.4. The molecule has 0 fully saturated rings. The van der Waals surface area contributed by atoms with Crippen molar-refractivity contribution in [1.29, 1.82) is 0 Å². The molecular formula is C18H13N3S2. The van der Waals surface area contributed by atoms with Crippen molar-refractivity contribution in [1.82, 2.24) is 15.0 Å². The number of fused-ring (bicyclic) bond motifs is 1. The van der Waals surface area contributed by atoms with E-state index in [1.54, 1.807) is 35.6 Å². The molecule has 0 amide bonds. The Morgan fingerprint density at radius 1 is 1.00 bits per heavy atom. The number of aromatic nitrogens is 3. The largest absolute Gasteiger partial charge is 0.264 e. The van der Waals surface area contributed by atoms with Gasteiger partial charge in [0.2, 0.25) is 0 Å². The smallest absolute Gasteiger partial charge is 0.128 e. The lowest BCUT2D eigenvalue weighted by atomic mass is 10.2. The zero-order valence-corrected chi connectivity index (χ0v) is 13.8. The van der Waals surface area contributed by atoms with Crippen LogP contribution in [0.25, 0.3) is 20.7 Å². The molecule has 4 rings (SSSR count). The monoisotopic (exact) mass is 335 g/mol. The standard InChI is InChI=1S/C18H13N3S2/c1-2-6-14(7-3-1)16-9-15-17(20-12-21-18(15)23-16)22-11-13-5-4-8-19-10-13/h1-10,12H,11H2. The number of nitrogens with zero attached hydrogens (tertiary/aromatic N) is 3. The Morgan fingerprint density at radius 3 is 2.74 bits per heavy atom. The van der Waals surface area contributed by atoms with Crippen molar-refractivity contribution < 1.29 is 0 Å². The average molecular weight is 335 g/mol. The topological polar surface area (TPSA) is 38.7 Å². The van der Waals surface area contributed by atoms with Crippen molar-refractivity contribution in [3.8, 4) is 10.4 Å². The van der Waals surface area contributed by atoms with Gasteiger partial charge in [-0.05, 0) is 23.3 Å². The lowest BCUT2D eigenvalue weighted by molar-refractivity contribution is 1.11. The fraction of sp³-hybridized carbons (Fsp3) is 0.0556. The Labute approximate surface area is 142 Å².